The zero-order chi connectivity index (χ0) is 20.4. The van der Waals surface area contributed by atoms with Crippen molar-refractivity contribution in [3.63, 3.8) is 0 Å². The number of methoxy groups -OCH3 is 1. The van der Waals surface area contributed by atoms with Gasteiger partial charge in [-0.2, -0.15) is 0 Å². The van der Waals surface area contributed by atoms with Gasteiger partial charge in [0.2, 0.25) is 0 Å². The van der Waals surface area contributed by atoms with Crippen LogP contribution in [-0.2, 0) is 9.47 Å². The van der Waals surface area contributed by atoms with Gasteiger partial charge in [-0.1, -0.05) is 0 Å². The van der Waals surface area contributed by atoms with Crippen LogP contribution in [0.15, 0.2) is 48.5 Å². The highest BCUT2D eigenvalue weighted by Crippen LogP contribution is 2.17. The van der Waals surface area contributed by atoms with E-state index in [1.54, 1.807) is 7.11 Å². The fourth-order valence-corrected chi connectivity index (χ4v) is 2.12. The first-order valence-corrected chi connectivity index (χ1v) is 8.48. The highest BCUT2D eigenvalue weighted by molar-refractivity contribution is 5.91. The van der Waals surface area contributed by atoms with Crippen molar-refractivity contribution in [2.24, 2.45) is 0 Å². The Labute approximate surface area is 161 Å². The normalized spacial score (nSPS) is 10.2. The van der Waals surface area contributed by atoms with Crippen molar-refractivity contribution in [3.8, 4) is 11.5 Å². The molecule has 0 aliphatic rings. The molecule has 148 valence electrons. The minimum Gasteiger partial charge on any atom is -0.478 e. The van der Waals surface area contributed by atoms with Crippen LogP contribution in [0, 0.1) is 0 Å². The number of carbonyl (C=O) groups excluding carboxylic acids is 2. The largest absolute Gasteiger partial charge is 0.513 e. The maximum Gasteiger partial charge on any atom is 0.513 e. The molecular formula is C20H20O8. The van der Waals surface area contributed by atoms with E-state index in [0.29, 0.717) is 13.0 Å². The Morgan fingerprint density at radius 2 is 1.32 bits per heavy atom. The van der Waals surface area contributed by atoms with Crippen molar-refractivity contribution >= 4 is 18.1 Å². The monoisotopic (exact) mass is 388 g/mol. The molecule has 0 bridgehead atoms. The van der Waals surface area contributed by atoms with Crippen LogP contribution in [0.2, 0.25) is 0 Å². The Balaban J connectivity index is 1.83. The Kier molecular flexibility index (Phi) is 7.98. The molecule has 1 N–H and O–H groups in total. The molecule has 0 fully saturated rings. The molecule has 0 radical (unpaired) electrons. The van der Waals surface area contributed by atoms with E-state index in [4.69, 9.17) is 24.1 Å². The molecule has 2 aromatic rings. The fraction of sp³-hybridized carbons (Fsp3) is 0.250. The SMILES string of the molecule is COCCCCOC(=O)Oc1ccc(C(=O)Oc2ccc(C(=O)O)cc2)cc1. The predicted molar refractivity (Wildman–Crippen MR) is 97.9 cm³/mol. The van der Waals surface area contributed by atoms with Gasteiger partial charge in [-0.25, -0.2) is 14.4 Å². The molecule has 2 aromatic carbocycles. The molecule has 0 aromatic heterocycles. The Bertz CT molecular complexity index is 796. The van der Waals surface area contributed by atoms with Gasteiger partial charge in [0.15, 0.2) is 0 Å². The molecule has 0 atom stereocenters. The van der Waals surface area contributed by atoms with Gasteiger partial charge in [-0.05, 0) is 61.4 Å². The maximum absolute atomic E-state index is 12.1. The summed E-state index contributed by atoms with van der Waals surface area (Å²) in [6.45, 7) is 0.826. The van der Waals surface area contributed by atoms with Crippen molar-refractivity contribution in [2.75, 3.05) is 20.3 Å². The lowest BCUT2D eigenvalue weighted by Gasteiger charge is -2.07. The Morgan fingerprint density at radius 1 is 0.786 bits per heavy atom. The quantitative estimate of drug-likeness (QED) is 0.301. The predicted octanol–water partition coefficient (Wildman–Crippen LogP) is 3.55. The molecule has 2 rings (SSSR count). The third kappa shape index (κ3) is 6.73. The van der Waals surface area contributed by atoms with E-state index < -0.39 is 18.1 Å². The lowest BCUT2D eigenvalue weighted by molar-refractivity contribution is 0.0696. The first-order valence-electron chi connectivity index (χ1n) is 8.48. The summed E-state index contributed by atoms with van der Waals surface area (Å²) in [7, 11) is 1.60. The zero-order valence-corrected chi connectivity index (χ0v) is 15.3. The zero-order valence-electron chi connectivity index (χ0n) is 15.3. The topological polar surface area (TPSA) is 108 Å². The number of carboxylic acids is 1. The van der Waals surface area contributed by atoms with Crippen LogP contribution >= 0.6 is 0 Å². The third-order valence-electron chi connectivity index (χ3n) is 3.57. The van der Waals surface area contributed by atoms with E-state index in [-0.39, 0.29) is 29.2 Å². The Hall–Kier alpha value is -3.39. The van der Waals surface area contributed by atoms with Crippen LogP contribution < -0.4 is 9.47 Å². The summed E-state index contributed by atoms with van der Waals surface area (Å²) >= 11 is 0. The van der Waals surface area contributed by atoms with Crippen molar-refractivity contribution in [2.45, 2.75) is 12.8 Å². The molecule has 0 amide bonds. The second-order valence-electron chi connectivity index (χ2n) is 5.64. The van der Waals surface area contributed by atoms with E-state index in [9.17, 15) is 14.4 Å². The average molecular weight is 388 g/mol. The molecule has 0 aliphatic heterocycles. The highest BCUT2D eigenvalue weighted by atomic mass is 16.7. The molecule has 0 saturated carbocycles. The second kappa shape index (κ2) is 10.7. The number of hydrogen-bond donors (Lipinski definition) is 1. The van der Waals surface area contributed by atoms with E-state index in [1.807, 2.05) is 0 Å². The van der Waals surface area contributed by atoms with Crippen LogP contribution in [0.4, 0.5) is 4.79 Å². The van der Waals surface area contributed by atoms with Crippen LogP contribution in [-0.4, -0.2) is 43.5 Å². The minimum atomic E-state index is -1.07. The summed E-state index contributed by atoms with van der Waals surface area (Å²) in [5, 5.41) is 8.85. The van der Waals surface area contributed by atoms with Crippen molar-refractivity contribution in [3.05, 3.63) is 59.7 Å². The lowest BCUT2D eigenvalue weighted by Crippen LogP contribution is -2.12. The van der Waals surface area contributed by atoms with E-state index in [2.05, 4.69) is 0 Å². The number of carboxylic acid groups (broad SMARTS) is 1. The average Bonchev–Trinajstić information content (AvgIpc) is 2.68. The van der Waals surface area contributed by atoms with Crippen LogP contribution in [0.3, 0.4) is 0 Å². The lowest BCUT2D eigenvalue weighted by atomic mass is 10.2. The number of unbranched alkanes of at least 4 members (excludes halogenated alkanes) is 1. The van der Waals surface area contributed by atoms with Gasteiger partial charge in [0.05, 0.1) is 17.7 Å². The Morgan fingerprint density at radius 3 is 1.89 bits per heavy atom. The molecule has 0 heterocycles. The number of rotatable bonds is 9. The second-order valence-corrected chi connectivity index (χ2v) is 5.64. The molecule has 8 heteroatoms. The van der Waals surface area contributed by atoms with Crippen LogP contribution in [0.25, 0.3) is 0 Å². The third-order valence-corrected chi connectivity index (χ3v) is 3.57. The molecular weight excluding hydrogens is 368 g/mol. The first-order chi connectivity index (χ1) is 13.5. The molecule has 8 nitrogen and oxygen atoms in total. The van der Waals surface area contributed by atoms with Gasteiger partial charge in [-0.3, -0.25) is 0 Å². The molecule has 0 spiro atoms. The summed E-state index contributed by atoms with van der Waals surface area (Å²) < 4.78 is 20.0. The number of aromatic carboxylic acids is 1. The van der Waals surface area contributed by atoms with Gasteiger partial charge >= 0.3 is 18.1 Å². The van der Waals surface area contributed by atoms with E-state index >= 15 is 0 Å². The van der Waals surface area contributed by atoms with E-state index in [1.165, 1.54) is 48.5 Å². The van der Waals surface area contributed by atoms with Gasteiger partial charge in [0, 0.05) is 13.7 Å². The molecule has 28 heavy (non-hydrogen) atoms. The standard InChI is InChI=1S/C20H20O8/c1-25-12-2-3-13-26-20(24)28-17-10-6-15(7-11-17)19(23)27-16-8-4-14(5-9-16)18(21)22/h4-11H,2-3,12-13H2,1H3,(H,21,22). The van der Waals surface area contributed by atoms with Crippen molar-refractivity contribution in [1.82, 2.24) is 0 Å². The molecule has 0 unspecified atom stereocenters. The van der Waals surface area contributed by atoms with Gasteiger partial charge in [0.25, 0.3) is 0 Å². The smallest absolute Gasteiger partial charge is 0.478 e. The van der Waals surface area contributed by atoms with E-state index in [0.717, 1.165) is 6.42 Å². The number of esters is 1. The molecule has 0 saturated heterocycles. The summed E-state index contributed by atoms with van der Waals surface area (Å²) in [5.41, 5.74) is 0.328. The summed E-state index contributed by atoms with van der Waals surface area (Å²) in [6.07, 6.45) is 0.618. The fourth-order valence-electron chi connectivity index (χ4n) is 2.12. The molecule has 0 aliphatic carbocycles. The number of benzene rings is 2. The first kappa shape index (κ1) is 20.9. The number of hydrogen-bond acceptors (Lipinski definition) is 7. The van der Waals surface area contributed by atoms with Crippen molar-refractivity contribution < 1.29 is 38.4 Å². The van der Waals surface area contributed by atoms with Gasteiger partial charge in [-0.15, -0.1) is 0 Å². The summed E-state index contributed by atoms with van der Waals surface area (Å²) in [5.74, 6) is -1.26. The minimum absolute atomic E-state index is 0.0897. The van der Waals surface area contributed by atoms with Crippen LogP contribution in [0.5, 0.6) is 11.5 Å². The number of carbonyl (C=O) groups is 3. The van der Waals surface area contributed by atoms with Gasteiger partial charge < -0.3 is 24.1 Å². The number of ether oxygens (including phenoxy) is 4. The van der Waals surface area contributed by atoms with Gasteiger partial charge in [0.1, 0.15) is 11.5 Å². The van der Waals surface area contributed by atoms with Crippen LogP contribution in [0.1, 0.15) is 33.6 Å². The highest BCUT2D eigenvalue weighted by Gasteiger charge is 2.11. The van der Waals surface area contributed by atoms with Crippen molar-refractivity contribution in [1.29, 1.82) is 0 Å². The summed E-state index contributed by atoms with van der Waals surface area (Å²) in [6, 6.07) is 11.2. The summed E-state index contributed by atoms with van der Waals surface area (Å²) in [4.78, 5) is 34.5. The maximum atomic E-state index is 12.1.